The topological polar surface area (TPSA) is 29.5 Å². The van der Waals surface area contributed by atoms with E-state index in [1.165, 1.54) is 0 Å². The SMILES string of the molecule is C=C(Cl)C(=O)N1CCCC(OC)C1. The predicted molar refractivity (Wildman–Crippen MR) is 51.6 cm³/mol. The van der Waals surface area contributed by atoms with Crippen molar-refractivity contribution in [3.05, 3.63) is 11.6 Å². The van der Waals surface area contributed by atoms with Gasteiger partial charge in [-0.05, 0) is 12.8 Å². The van der Waals surface area contributed by atoms with E-state index in [0.717, 1.165) is 19.4 Å². The Morgan fingerprint density at radius 2 is 2.38 bits per heavy atom. The highest BCUT2D eigenvalue weighted by atomic mass is 35.5. The molecule has 1 aliphatic heterocycles. The number of carbonyl (C=O) groups excluding carboxylic acids is 1. The van der Waals surface area contributed by atoms with E-state index in [1.54, 1.807) is 12.0 Å². The van der Waals surface area contributed by atoms with E-state index in [1.807, 2.05) is 0 Å². The summed E-state index contributed by atoms with van der Waals surface area (Å²) in [6, 6.07) is 0. The average molecular weight is 204 g/mol. The highest BCUT2D eigenvalue weighted by Crippen LogP contribution is 2.15. The number of ether oxygens (including phenoxy) is 1. The highest BCUT2D eigenvalue weighted by molar-refractivity contribution is 6.41. The Morgan fingerprint density at radius 1 is 1.69 bits per heavy atom. The van der Waals surface area contributed by atoms with Crippen LogP contribution in [-0.4, -0.2) is 37.1 Å². The summed E-state index contributed by atoms with van der Waals surface area (Å²) in [6.45, 7) is 4.79. The van der Waals surface area contributed by atoms with Gasteiger partial charge in [-0.15, -0.1) is 0 Å². The minimum Gasteiger partial charge on any atom is -0.380 e. The fraction of sp³-hybridized carbons (Fsp3) is 0.667. The molecule has 0 aliphatic carbocycles. The van der Waals surface area contributed by atoms with Crippen LogP contribution in [-0.2, 0) is 9.53 Å². The molecular formula is C9H14ClNO2. The molecule has 0 aromatic carbocycles. The summed E-state index contributed by atoms with van der Waals surface area (Å²) in [6.07, 6.45) is 2.12. The van der Waals surface area contributed by atoms with Gasteiger partial charge in [0.25, 0.3) is 5.91 Å². The Balaban J connectivity index is 2.51. The van der Waals surface area contributed by atoms with E-state index in [9.17, 15) is 4.79 Å². The van der Waals surface area contributed by atoms with Crippen LogP contribution >= 0.6 is 11.6 Å². The van der Waals surface area contributed by atoms with Crippen LogP contribution in [0.15, 0.2) is 11.6 Å². The number of hydrogen-bond donors (Lipinski definition) is 0. The predicted octanol–water partition coefficient (Wildman–Crippen LogP) is 1.38. The largest absolute Gasteiger partial charge is 0.380 e. The van der Waals surface area contributed by atoms with E-state index < -0.39 is 0 Å². The van der Waals surface area contributed by atoms with Crippen LogP contribution < -0.4 is 0 Å². The lowest BCUT2D eigenvalue weighted by atomic mass is 10.1. The molecule has 0 spiro atoms. The van der Waals surface area contributed by atoms with Crippen LogP contribution in [0.25, 0.3) is 0 Å². The molecule has 1 saturated heterocycles. The van der Waals surface area contributed by atoms with Gasteiger partial charge < -0.3 is 9.64 Å². The molecule has 0 N–H and O–H groups in total. The normalized spacial score (nSPS) is 22.9. The molecule has 0 aromatic heterocycles. The zero-order chi connectivity index (χ0) is 9.84. The molecule has 1 unspecified atom stereocenters. The number of methoxy groups -OCH3 is 1. The van der Waals surface area contributed by atoms with Crippen LogP contribution in [0.5, 0.6) is 0 Å². The van der Waals surface area contributed by atoms with Crippen molar-refractivity contribution in [2.75, 3.05) is 20.2 Å². The van der Waals surface area contributed by atoms with Gasteiger partial charge in [0.2, 0.25) is 0 Å². The van der Waals surface area contributed by atoms with Crippen LogP contribution in [0.3, 0.4) is 0 Å². The quantitative estimate of drug-likeness (QED) is 0.635. The Labute approximate surface area is 83.3 Å². The fourth-order valence-electron chi connectivity index (χ4n) is 1.49. The average Bonchev–Trinajstić information content (AvgIpc) is 2.16. The van der Waals surface area contributed by atoms with Gasteiger partial charge in [-0.3, -0.25) is 4.79 Å². The Morgan fingerprint density at radius 3 is 2.92 bits per heavy atom. The summed E-state index contributed by atoms with van der Waals surface area (Å²) < 4.78 is 5.18. The zero-order valence-corrected chi connectivity index (χ0v) is 8.51. The third-order valence-electron chi connectivity index (χ3n) is 2.23. The molecule has 1 atom stereocenters. The molecule has 0 radical (unpaired) electrons. The maximum atomic E-state index is 11.4. The lowest BCUT2D eigenvalue weighted by molar-refractivity contribution is -0.129. The van der Waals surface area contributed by atoms with Crippen molar-refractivity contribution >= 4 is 17.5 Å². The van der Waals surface area contributed by atoms with E-state index in [4.69, 9.17) is 16.3 Å². The number of nitrogens with zero attached hydrogens (tertiary/aromatic N) is 1. The summed E-state index contributed by atoms with van der Waals surface area (Å²) in [4.78, 5) is 13.1. The van der Waals surface area contributed by atoms with Gasteiger partial charge in [0, 0.05) is 20.2 Å². The van der Waals surface area contributed by atoms with Crippen molar-refractivity contribution in [3.8, 4) is 0 Å². The van der Waals surface area contributed by atoms with Gasteiger partial charge in [0.15, 0.2) is 0 Å². The van der Waals surface area contributed by atoms with E-state index in [0.29, 0.717) is 6.54 Å². The number of piperidine rings is 1. The maximum absolute atomic E-state index is 11.4. The van der Waals surface area contributed by atoms with Crippen LogP contribution in [0.1, 0.15) is 12.8 Å². The van der Waals surface area contributed by atoms with Gasteiger partial charge >= 0.3 is 0 Å². The molecule has 1 fully saturated rings. The Kier molecular flexibility index (Phi) is 3.75. The van der Waals surface area contributed by atoms with Crippen molar-refractivity contribution in [2.24, 2.45) is 0 Å². The number of likely N-dealkylation sites (tertiary alicyclic amines) is 1. The number of rotatable bonds is 2. The fourth-order valence-corrected chi connectivity index (χ4v) is 1.61. The first kappa shape index (κ1) is 10.5. The number of halogens is 1. The lowest BCUT2D eigenvalue weighted by Crippen LogP contribution is -2.42. The molecule has 0 aromatic rings. The monoisotopic (exact) mass is 203 g/mol. The van der Waals surface area contributed by atoms with E-state index in [2.05, 4.69) is 6.58 Å². The molecule has 1 amide bonds. The van der Waals surface area contributed by atoms with Crippen molar-refractivity contribution in [2.45, 2.75) is 18.9 Å². The standard InChI is InChI=1S/C9H14ClNO2/c1-7(10)9(12)11-5-3-4-8(6-11)13-2/h8H,1,3-6H2,2H3. The molecule has 1 aliphatic rings. The minimum absolute atomic E-state index is 0.0803. The molecule has 0 bridgehead atoms. The summed E-state index contributed by atoms with van der Waals surface area (Å²) >= 11 is 5.53. The second kappa shape index (κ2) is 4.63. The maximum Gasteiger partial charge on any atom is 0.264 e. The molecular weight excluding hydrogens is 190 g/mol. The number of hydrogen-bond acceptors (Lipinski definition) is 2. The van der Waals surface area contributed by atoms with Crippen molar-refractivity contribution < 1.29 is 9.53 Å². The lowest BCUT2D eigenvalue weighted by Gasteiger charge is -2.31. The summed E-state index contributed by atoms with van der Waals surface area (Å²) in [5.74, 6) is -0.177. The molecule has 1 rings (SSSR count). The summed E-state index contributed by atoms with van der Waals surface area (Å²) in [5, 5.41) is 0.0803. The van der Waals surface area contributed by atoms with Crippen molar-refractivity contribution in [1.82, 2.24) is 4.90 Å². The molecule has 0 saturated carbocycles. The van der Waals surface area contributed by atoms with E-state index >= 15 is 0 Å². The smallest absolute Gasteiger partial charge is 0.264 e. The molecule has 74 valence electrons. The summed E-state index contributed by atoms with van der Waals surface area (Å²) in [7, 11) is 1.66. The third-order valence-corrected chi connectivity index (χ3v) is 2.39. The molecule has 1 heterocycles. The first-order valence-electron chi connectivity index (χ1n) is 4.31. The first-order chi connectivity index (χ1) is 6.15. The first-order valence-corrected chi connectivity index (χ1v) is 4.69. The van der Waals surface area contributed by atoms with Crippen molar-refractivity contribution in [3.63, 3.8) is 0 Å². The van der Waals surface area contributed by atoms with Gasteiger partial charge in [-0.2, -0.15) is 0 Å². The highest BCUT2D eigenvalue weighted by Gasteiger charge is 2.23. The number of carbonyl (C=O) groups is 1. The van der Waals surface area contributed by atoms with Crippen LogP contribution in [0, 0.1) is 0 Å². The van der Waals surface area contributed by atoms with Gasteiger partial charge in [0.1, 0.15) is 0 Å². The van der Waals surface area contributed by atoms with Gasteiger partial charge in [0.05, 0.1) is 11.1 Å². The van der Waals surface area contributed by atoms with E-state index in [-0.39, 0.29) is 17.0 Å². The molecule has 13 heavy (non-hydrogen) atoms. The van der Waals surface area contributed by atoms with Crippen molar-refractivity contribution in [1.29, 1.82) is 0 Å². The van der Waals surface area contributed by atoms with Gasteiger partial charge in [-0.25, -0.2) is 0 Å². The van der Waals surface area contributed by atoms with Gasteiger partial charge in [-0.1, -0.05) is 18.2 Å². The number of amides is 1. The Hall–Kier alpha value is -0.540. The third kappa shape index (κ3) is 2.71. The second-order valence-corrected chi connectivity index (χ2v) is 3.61. The summed E-state index contributed by atoms with van der Waals surface area (Å²) in [5.41, 5.74) is 0. The molecule has 4 heteroatoms. The van der Waals surface area contributed by atoms with Crippen LogP contribution in [0.4, 0.5) is 0 Å². The van der Waals surface area contributed by atoms with Crippen LogP contribution in [0.2, 0.25) is 0 Å². The molecule has 3 nitrogen and oxygen atoms in total. The zero-order valence-electron chi connectivity index (χ0n) is 7.75. The minimum atomic E-state index is -0.177. The second-order valence-electron chi connectivity index (χ2n) is 3.16. The Bertz CT molecular complexity index is 218.